The summed E-state index contributed by atoms with van der Waals surface area (Å²) >= 11 is 6.40. The lowest BCUT2D eigenvalue weighted by Crippen LogP contribution is -2.43. The minimum Gasteiger partial charge on any atom is -0.271 e. The Morgan fingerprint density at radius 3 is 2.70 bits per heavy atom. The zero-order valence-electron chi connectivity index (χ0n) is 13.0. The highest BCUT2D eigenvalue weighted by Gasteiger charge is 2.40. The van der Waals surface area contributed by atoms with E-state index in [-0.39, 0.29) is 17.5 Å². The highest BCUT2D eigenvalue weighted by Crippen LogP contribution is 2.47. The summed E-state index contributed by atoms with van der Waals surface area (Å²) in [7, 11) is 0. The molecule has 114 valence electrons. The minimum absolute atomic E-state index is 0.0581. The largest absolute Gasteiger partial charge is 0.271 e. The molecule has 1 aromatic rings. The second-order valence-corrected chi connectivity index (χ2v) is 7.31. The van der Waals surface area contributed by atoms with Crippen molar-refractivity contribution in [1.29, 1.82) is 0 Å². The Kier molecular flexibility index (Phi) is 4.77. The molecule has 1 aromatic heterocycles. The van der Waals surface area contributed by atoms with E-state index in [9.17, 15) is 0 Å². The van der Waals surface area contributed by atoms with Gasteiger partial charge in [0.2, 0.25) is 0 Å². The van der Waals surface area contributed by atoms with Gasteiger partial charge in [0.15, 0.2) is 0 Å². The predicted molar refractivity (Wildman–Crippen MR) is 83.4 cm³/mol. The van der Waals surface area contributed by atoms with Crippen molar-refractivity contribution in [3.8, 4) is 0 Å². The molecule has 3 N–H and O–H groups in total. The minimum atomic E-state index is 0.0581. The molecule has 2 rings (SSSR count). The van der Waals surface area contributed by atoms with Crippen LogP contribution in [0.4, 0.5) is 0 Å². The molecule has 0 spiro atoms. The van der Waals surface area contributed by atoms with Gasteiger partial charge in [-0.25, -0.2) is 0 Å². The molecule has 4 nitrogen and oxygen atoms in total. The van der Waals surface area contributed by atoms with Crippen LogP contribution in [0.5, 0.6) is 0 Å². The number of nitrogens with two attached hydrogens (primary N) is 1. The summed E-state index contributed by atoms with van der Waals surface area (Å²) in [6.45, 7) is 8.91. The number of rotatable bonds is 4. The fourth-order valence-electron chi connectivity index (χ4n) is 3.58. The van der Waals surface area contributed by atoms with Gasteiger partial charge in [-0.05, 0) is 38.0 Å². The van der Waals surface area contributed by atoms with Gasteiger partial charge in [-0.3, -0.25) is 16.0 Å². The van der Waals surface area contributed by atoms with Gasteiger partial charge >= 0.3 is 0 Å². The van der Waals surface area contributed by atoms with E-state index in [1.807, 2.05) is 4.68 Å². The van der Waals surface area contributed by atoms with Gasteiger partial charge in [0.1, 0.15) is 0 Å². The summed E-state index contributed by atoms with van der Waals surface area (Å²) < 4.78 is 2.00. The number of hydrogen-bond donors (Lipinski definition) is 2. The first kappa shape index (κ1) is 15.8. The molecule has 1 aliphatic rings. The fourth-order valence-corrected chi connectivity index (χ4v) is 3.83. The number of nitrogens with zero attached hydrogens (tertiary/aromatic N) is 2. The van der Waals surface area contributed by atoms with Gasteiger partial charge in [-0.15, -0.1) is 0 Å². The highest BCUT2D eigenvalue weighted by molar-refractivity contribution is 6.31. The van der Waals surface area contributed by atoms with E-state index >= 15 is 0 Å². The number of aromatic nitrogens is 2. The molecule has 0 aliphatic heterocycles. The quantitative estimate of drug-likeness (QED) is 0.656. The maximum absolute atomic E-state index is 6.40. The molecule has 20 heavy (non-hydrogen) atoms. The molecular formula is C15H27ClN4. The lowest BCUT2D eigenvalue weighted by Gasteiger charge is -2.43. The lowest BCUT2D eigenvalue weighted by atomic mass is 9.65. The molecule has 0 saturated heterocycles. The van der Waals surface area contributed by atoms with Crippen LogP contribution in [0.3, 0.4) is 0 Å². The van der Waals surface area contributed by atoms with Gasteiger partial charge in [-0.2, -0.15) is 5.10 Å². The van der Waals surface area contributed by atoms with Crippen molar-refractivity contribution in [3.63, 3.8) is 0 Å². The molecule has 1 fully saturated rings. The number of halogens is 1. The van der Waals surface area contributed by atoms with Crippen LogP contribution in [0.25, 0.3) is 0 Å². The van der Waals surface area contributed by atoms with Gasteiger partial charge in [0, 0.05) is 6.04 Å². The van der Waals surface area contributed by atoms with Crippen LogP contribution in [0.2, 0.25) is 5.02 Å². The van der Waals surface area contributed by atoms with Crippen LogP contribution >= 0.6 is 11.6 Å². The van der Waals surface area contributed by atoms with Crippen molar-refractivity contribution in [1.82, 2.24) is 15.2 Å². The first-order chi connectivity index (χ1) is 9.38. The predicted octanol–water partition coefficient (Wildman–Crippen LogP) is 3.84. The summed E-state index contributed by atoms with van der Waals surface area (Å²) in [6.07, 6.45) is 6.72. The van der Waals surface area contributed by atoms with Crippen molar-refractivity contribution in [3.05, 3.63) is 16.9 Å². The van der Waals surface area contributed by atoms with Crippen LogP contribution < -0.4 is 11.3 Å². The second-order valence-electron chi connectivity index (χ2n) is 6.90. The maximum Gasteiger partial charge on any atom is 0.0834 e. The third kappa shape index (κ3) is 2.87. The third-order valence-corrected chi connectivity index (χ3v) is 5.03. The molecule has 1 saturated carbocycles. The molecule has 0 radical (unpaired) electrons. The molecule has 2 unspecified atom stereocenters. The van der Waals surface area contributed by atoms with E-state index in [0.29, 0.717) is 10.9 Å². The van der Waals surface area contributed by atoms with E-state index < -0.39 is 0 Å². The Hall–Kier alpha value is -0.580. The molecule has 5 heteroatoms. The van der Waals surface area contributed by atoms with Crippen molar-refractivity contribution in [2.45, 2.75) is 65.5 Å². The van der Waals surface area contributed by atoms with Gasteiger partial charge in [0.25, 0.3) is 0 Å². The van der Waals surface area contributed by atoms with Gasteiger partial charge in [0.05, 0.1) is 23.0 Å². The normalized spacial score (nSPS) is 24.1. The summed E-state index contributed by atoms with van der Waals surface area (Å²) in [5.41, 5.74) is 4.32. The van der Waals surface area contributed by atoms with Crippen molar-refractivity contribution < 1.29 is 0 Å². The summed E-state index contributed by atoms with van der Waals surface area (Å²) in [4.78, 5) is 0. The summed E-state index contributed by atoms with van der Waals surface area (Å²) in [6, 6.07) is 0.336. The smallest absolute Gasteiger partial charge is 0.0834 e. The Labute approximate surface area is 127 Å². The Morgan fingerprint density at radius 1 is 1.45 bits per heavy atom. The first-order valence-corrected chi connectivity index (χ1v) is 7.95. The SMILES string of the molecule is CC(C)n1ncc(Cl)c1C(NN)C1CCCCC1(C)C. The fraction of sp³-hybridized carbons (Fsp3) is 0.800. The molecule has 1 heterocycles. The van der Waals surface area contributed by atoms with Gasteiger partial charge < -0.3 is 0 Å². The molecule has 0 amide bonds. The van der Waals surface area contributed by atoms with E-state index in [1.165, 1.54) is 25.7 Å². The Bertz CT molecular complexity index is 453. The van der Waals surface area contributed by atoms with Crippen molar-refractivity contribution in [2.75, 3.05) is 0 Å². The van der Waals surface area contributed by atoms with Crippen molar-refractivity contribution in [2.24, 2.45) is 17.2 Å². The van der Waals surface area contributed by atoms with Crippen molar-refractivity contribution >= 4 is 11.6 Å². The van der Waals surface area contributed by atoms with Crippen LogP contribution in [-0.2, 0) is 0 Å². The first-order valence-electron chi connectivity index (χ1n) is 7.57. The lowest BCUT2D eigenvalue weighted by molar-refractivity contribution is 0.0942. The molecular weight excluding hydrogens is 272 g/mol. The summed E-state index contributed by atoms with van der Waals surface area (Å²) in [5, 5.41) is 5.13. The van der Waals surface area contributed by atoms with E-state index in [4.69, 9.17) is 17.4 Å². The number of hydrazine groups is 1. The van der Waals surface area contributed by atoms with E-state index in [1.54, 1.807) is 6.20 Å². The molecule has 0 bridgehead atoms. The van der Waals surface area contributed by atoms with Crippen LogP contribution in [0.15, 0.2) is 6.20 Å². The average molecular weight is 299 g/mol. The standard InChI is InChI=1S/C15H27ClN4/c1-10(2)20-14(12(16)9-18-20)13(19-17)11-7-5-6-8-15(11,3)4/h9-11,13,19H,5-8,17H2,1-4H3. The average Bonchev–Trinajstić information content (AvgIpc) is 2.75. The zero-order valence-corrected chi connectivity index (χ0v) is 13.7. The second kappa shape index (κ2) is 6.04. The van der Waals surface area contributed by atoms with E-state index in [0.717, 1.165) is 5.69 Å². The molecule has 0 aromatic carbocycles. The zero-order chi connectivity index (χ0) is 14.9. The topological polar surface area (TPSA) is 55.9 Å². The third-order valence-electron chi connectivity index (χ3n) is 4.74. The molecule has 2 atom stereocenters. The van der Waals surface area contributed by atoms with Crippen LogP contribution in [0, 0.1) is 11.3 Å². The monoisotopic (exact) mass is 298 g/mol. The molecule has 1 aliphatic carbocycles. The number of nitrogens with one attached hydrogen (secondary N) is 1. The summed E-state index contributed by atoms with van der Waals surface area (Å²) in [5.74, 6) is 6.38. The highest BCUT2D eigenvalue weighted by atomic mass is 35.5. The Balaban J connectivity index is 2.39. The van der Waals surface area contributed by atoms with Gasteiger partial charge in [-0.1, -0.05) is 38.3 Å². The van der Waals surface area contributed by atoms with Crippen LogP contribution in [-0.4, -0.2) is 9.78 Å². The van der Waals surface area contributed by atoms with Crippen LogP contribution in [0.1, 0.15) is 71.2 Å². The maximum atomic E-state index is 6.40. The van der Waals surface area contributed by atoms with E-state index in [2.05, 4.69) is 38.2 Å². The Morgan fingerprint density at radius 2 is 2.15 bits per heavy atom. The number of hydrogen-bond acceptors (Lipinski definition) is 3.